The van der Waals surface area contributed by atoms with Crippen molar-refractivity contribution in [2.75, 3.05) is 0 Å². The van der Waals surface area contributed by atoms with Gasteiger partial charge in [-0.1, -0.05) is 12.1 Å². The topological polar surface area (TPSA) is 66.2 Å². The number of hydrogen-bond donors (Lipinski definition) is 2. The Bertz CT molecular complexity index is 736. The molecular formula is C14H11NO3. The van der Waals surface area contributed by atoms with Crippen molar-refractivity contribution in [3.8, 4) is 11.5 Å². The first-order valence-corrected chi connectivity index (χ1v) is 5.55. The molecule has 18 heavy (non-hydrogen) atoms. The van der Waals surface area contributed by atoms with E-state index in [4.69, 9.17) is 9.52 Å². The molecule has 0 saturated carbocycles. The van der Waals surface area contributed by atoms with E-state index in [2.05, 4.69) is 4.98 Å². The zero-order valence-corrected chi connectivity index (χ0v) is 9.73. The fraction of sp³-hybridized carbons (Fsp3) is 0.0714. The number of aryl methyl sites for hydroxylation is 1. The third-order valence-electron chi connectivity index (χ3n) is 2.92. The maximum Gasteiger partial charge on any atom is 0.339 e. The molecule has 2 aromatic heterocycles. The zero-order chi connectivity index (χ0) is 12.7. The highest BCUT2D eigenvalue weighted by atomic mass is 16.4. The Labute approximate surface area is 103 Å². The molecule has 0 atom stereocenters. The van der Waals surface area contributed by atoms with Crippen molar-refractivity contribution in [2.45, 2.75) is 6.92 Å². The maximum atomic E-state index is 11.1. The van der Waals surface area contributed by atoms with Gasteiger partial charge in [0.15, 0.2) is 5.76 Å². The highest BCUT2D eigenvalue weighted by molar-refractivity contribution is 5.96. The van der Waals surface area contributed by atoms with Crippen LogP contribution in [0.2, 0.25) is 0 Å². The number of aromatic amines is 1. The summed E-state index contributed by atoms with van der Waals surface area (Å²) in [5.74, 6) is -0.634. The predicted octanol–water partition coefficient (Wildman–Crippen LogP) is 3.43. The first-order chi connectivity index (χ1) is 8.65. The fourth-order valence-electron chi connectivity index (χ4n) is 2.05. The van der Waals surface area contributed by atoms with Crippen LogP contribution >= 0.6 is 0 Å². The molecule has 90 valence electrons. The van der Waals surface area contributed by atoms with Gasteiger partial charge >= 0.3 is 5.97 Å². The van der Waals surface area contributed by atoms with Crippen LogP contribution in [0.25, 0.3) is 22.4 Å². The van der Waals surface area contributed by atoms with Gasteiger partial charge in [0.1, 0.15) is 5.56 Å². The highest BCUT2D eigenvalue weighted by Gasteiger charge is 2.16. The molecule has 4 heteroatoms. The lowest BCUT2D eigenvalue weighted by Gasteiger charge is -1.94. The van der Waals surface area contributed by atoms with Crippen molar-refractivity contribution in [3.05, 3.63) is 47.7 Å². The number of fused-ring (bicyclic) bond motifs is 1. The molecule has 3 rings (SSSR count). The molecule has 1 aromatic carbocycles. The van der Waals surface area contributed by atoms with E-state index in [1.165, 1.54) is 12.3 Å². The Morgan fingerprint density at radius 2 is 2.11 bits per heavy atom. The average molecular weight is 241 g/mol. The molecule has 0 bridgehead atoms. The van der Waals surface area contributed by atoms with Crippen LogP contribution in [0.1, 0.15) is 15.9 Å². The summed E-state index contributed by atoms with van der Waals surface area (Å²) >= 11 is 0. The number of nitrogens with one attached hydrogen (secondary N) is 1. The molecule has 0 spiro atoms. The van der Waals surface area contributed by atoms with E-state index in [1.54, 1.807) is 0 Å². The number of aromatic carboxylic acids is 1. The van der Waals surface area contributed by atoms with Gasteiger partial charge in [0.2, 0.25) is 0 Å². The summed E-state index contributed by atoms with van der Waals surface area (Å²) in [5, 5.41) is 10.1. The Morgan fingerprint density at radius 3 is 2.89 bits per heavy atom. The van der Waals surface area contributed by atoms with E-state index in [-0.39, 0.29) is 5.56 Å². The summed E-state index contributed by atoms with van der Waals surface area (Å²) in [4.78, 5) is 14.2. The average Bonchev–Trinajstić information content (AvgIpc) is 2.93. The van der Waals surface area contributed by atoms with Crippen LogP contribution in [0.4, 0.5) is 0 Å². The van der Waals surface area contributed by atoms with Crippen molar-refractivity contribution >= 4 is 16.9 Å². The molecule has 0 aliphatic rings. The van der Waals surface area contributed by atoms with Crippen LogP contribution in [0, 0.1) is 6.92 Å². The van der Waals surface area contributed by atoms with E-state index < -0.39 is 5.97 Å². The molecule has 0 radical (unpaired) electrons. The number of carboxylic acids is 1. The number of H-pyrrole nitrogens is 1. The first kappa shape index (κ1) is 10.7. The molecule has 2 heterocycles. The lowest BCUT2D eigenvalue weighted by molar-refractivity contribution is 0.0697. The van der Waals surface area contributed by atoms with E-state index in [0.29, 0.717) is 11.5 Å². The van der Waals surface area contributed by atoms with Gasteiger partial charge in [-0.3, -0.25) is 0 Å². The second-order valence-electron chi connectivity index (χ2n) is 4.24. The minimum absolute atomic E-state index is 0.165. The van der Waals surface area contributed by atoms with Crippen molar-refractivity contribution in [1.82, 2.24) is 4.98 Å². The SMILES string of the molecule is Cc1ccc2cc(-c3occc3C(=O)O)[nH]c2c1. The molecule has 2 N–H and O–H groups in total. The van der Waals surface area contributed by atoms with E-state index >= 15 is 0 Å². The number of carbonyl (C=O) groups is 1. The van der Waals surface area contributed by atoms with Crippen LogP contribution in [0.15, 0.2) is 41.0 Å². The minimum Gasteiger partial charge on any atom is -0.478 e. The molecule has 4 nitrogen and oxygen atoms in total. The lowest BCUT2D eigenvalue weighted by atomic mass is 10.1. The molecule has 0 amide bonds. The maximum absolute atomic E-state index is 11.1. The molecule has 3 aromatic rings. The van der Waals surface area contributed by atoms with E-state index in [9.17, 15) is 4.79 Å². The van der Waals surface area contributed by atoms with Gasteiger partial charge in [-0.2, -0.15) is 0 Å². The van der Waals surface area contributed by atoms with Crippen LogP contribution in [0.3, 0.4) is 0 Å². The smallest absolute Gasteiger partial charge is 0.339 e. The monoisotopic (exact) mass is 241 g/mol. The van der Waals surface area contributed by atoms with E-state index in [1.807, 2.05) is 31.2 Å². The van der Waals surface area contributed by atoms with Crippen LogP contribution in [0.5, 0.6) is 0 Å². The first-order valence-electron chi connectivity index (χ1n) is 5.55. The molecule has 0 aliphatic carbocycles. The third-order valence-corrected chi connectivity index (χ3v) is 2.92. The van der Waals surface area contributed by atoms with Crippen molar-refractivity contribution in [3.63, 3.8) is 0 Å². The lowest BCUT2D eigenvalue weighted by Crippen LogP contribution is -1.95. The standard InChI is InChI=1S/C14H11NO3/c1-8-2-3-9-7-12(15-11(9)6-8)13-10(14(16)17)4-5-18-13/h2-7,15H,1H3,(H,16,17). The van der Waals surface area contributed by atoms with Gasteiger partial charge in [0.25, 0.3) is 0 Å². The number of hydrogen-bond acceptors (Lipinski definition) is 2. The Balaban J connectivity index is 2.19. The van der Waals surface area contributed by atoms with Gasteiger partial charge in [0.05, 0.1) is 12.0 Å². The van der Waals surface area contributed by atoms with Crippen molar-refractivity contribution < 1.29 is 14.3 Å². The molecule has 0 fully saturated rings. The van der Waals surface area contributed by atoms with Gasteiger partial charge in [-0.05, 0) is 30.7 Å². The van der Waals surface area contributed by atoms with Gasteiger partial charge < -0.3 is 14.5 Å². The number of rotatable bonds is 2. The predicted molar refractivity (Wildman–Crippen MR) is 67.7 cm³/mol. The van der Waals surface area contributed by atoms with Crippen LogP contribution in [-0.4, -0.2) is 16.1 Å². The summed E-state index contributed by atoms with van der Waals surface area (Å²) in [6.45, 7) is 2.01. The third kappa shape index (κ3) is 1.59. The summed E-state index contributed by atoms with van der Waals surface area (Å²) < 4.78 is 5.26. The van der Waals surface area contributed by atoms with Crippen molar-refractivity contribution in [1.29, 1.82) is 0 Å². The zero-order valence-electron chi connectivity index (χ0n) is 9.73. The quantitative estimate of drug-likeness (QED) is 0.722. The van der Waals surface area contributed by atoms with Crippen LogP contribution in [-0.2, 0) is 0 Å². The molecule has 0 saturated heterocycles. The number of benzene rings is 1. The summed E-state index contributed by atoms with van der Waals surface area (Å²) in [6.07, 6.45) is 1.38. The summed E-state index contributed by atoms with van der Waals surface area (Å²) in [7, 11) is 0. The van der Waals surface area contributed by atoms with Gasteiger partial charge in [0, 0.05) is 10.9 Å². The summed E-state index contributed by atoms with van der Waals surface area (Å²) in [6, 6.07) is 9.37. The van der Waals surface area contributed by atoms with Crippen LogP contribution < -0.4 is 0 Å². The number of furan rings is 1. The molecule has 0 unspecified atom stereocenters. The van der Waals surface area contributed by atoms with Crippen molar-refractivity contribution in [2.24, 2.45) is 0 Å². The number of aromatic nitrogens is 1. The highest BCUT2D eigenvalue weighted by Crippen LogP contribution is 2.28. The molecule has 0 aliphatic heterocycles. The minimum atomic E-state index is -0.992. The second-order valence-corrected chi connectivity index (χ2v) is 4.24. The Kier molecular flexibility index (Phi) is 2.23. The fourth-order valence-corrected chi connectivity index (χ4v) is 2.05. The second kappa shape index (κ2) is 3.77. The molecular weight excluding hydrogens is 230 g/mol. The van der Waals surface area contributed by atoms with Gasteiger partial charge in [-0.15, -0.1) is 0 Å². The van der Waals surface area contributed by atoms with E-state index in [0.717, 1.165) is 16.5 Å². The largest absolute Gasteiger partial charge is 0.478 e. The summed E-state index contributed by atoms with van der Waals surface area (Å²) in [5.41, 5.74) is 2.96. The Hall–Kier alpha value is -2.49. The number of carboxylic acid groups (broad SMARTS) is 1. The Morgan fingerprint density at radius 1 is 1.28 bits per heavy atom. The van der Waals surface area contributed by atoms with Gasteiger partial charge in [-0.25, -0.2) is 4.79 Å². The normalized spacial score (nSPS) is 10.9.